The van der Waals surface area contributed by atoms with Crippen molar-refractivity contribution >= 4 is 0 Å². The normalized spacial score (nSPS) is 21.0. The Kier molecular flexibility index (Phi) is 8.61. The molecule has 1 saturated heterocycles. The molecule has 17 heavy (non-hydrogen) atoms. The molecule has 1 heterocycles. The Morgan fingerprint density at radius 3 is 2.82 bits per heavy atom. The summed E-state index contributed by atoms with van der Waals surface area (Å²) in [5, 5.41) is 3.57. The first-order valence-electron chi connectivity index (χ1n) is 6.81. The van der Waals surface area contributed by atoms with Gasteiger partial charge in [-0.15, -0.1) is 0 Å². The second-order valence-corrected chi connectivity index (χ2v) is 4.87. The van der Waals surface area contributed by atoms with E-state index in [2.05, 4.69) is 17.3 Å². The van der Waals surface area contributed by atoms with Crippen LogP contribution in [0.3, 0.4) is 0 Å². The molecule has 1 N–H and O–H groups in total. The zero-order valence-electron chi connectivity index (χ0n) is 11.4. The summed E-state index contributed by atoms with van der Waals surface area (Å²) < 4.78 is 10.5. The second-order valence-electron chi connectivity index (χ2n) is 4.87. The van der Waals surface area contributed by atoms with E-state index < -0.39 is 0 Å². The monoisotopic (exact) mass is 244 g/mol. The zero-order valence-corrected chi connectivity index (χ0v) is 11.4. The van der Waals surface area contributed by atoms with Crippen LogP contribution in [0.25, 0.3) is 0 Å². The first-order valence-corrected chi connectivity index (χ1v) is 6.81. The molecule has 0 aromatic rings. The molecule has 0 aromatic carbocycles. The van der Waals surface area contributed by atoms with Gasteiger partial charge in [-0.05, 0) is 32.9 Å². The molecule has 1 rings (SSSR count). The summed E-state index contributed by atoms with van der Waals surface area (Å²) in [6, 6.07) is 0.683. The van der Waals surface area contributed by atoms with Crippen molar-refractivity contribution in [1.82, 2.24) is 10.2 Å². The number of nitrogens with one attached hydrogen (secondary N) is 1. The third kappa shape index (κ3) is 7.71. The molecule has 102 valence electrons. The quantitative estimate of drug-likeness (QED) is 0.616. The van der Waals surface area contributed by atoms with E-state index >= 15 is 0 Å². The highest BCUT2D eigenvalue weighted by atomic mass is 16.5. The summed E-state index contributed by atoms with van der Waals surface area (Å²) in [4.78, 5) is 2.36. The average molecular weight is 244 g/mol. The van der Waals surface area contributed by atoms with Gasteiger partial charge in [0.2, 0.25) is 0 Å². The maximum atomic E-state index is 5.55. The van der Waals surface area contributed by atoms with Crippen LogP contribution in [-0.4, -0.2) is 64.6 Å². The van der Waals surface area contributed by atoms with E-state index in [4.69, 9.17) is 9.47 Å². The van der Waals surface area contributed by atoms with Gasteiger partial charge in [0.05, 0.1) is 6.61 Å². The maximum Gasteiger partial charge on any atom is 0.0593 e. The first kappa shape index (κ1) is 14.9. The fourth-order valence-electron chi connectivity index (χ4n) is 2.18. The number of likely N-dealkylation sites (N-methyl/N-ethyl adjacent to an activating group) is 1. The minimum Gasteiger partial charge on any atom is -0.385 e. The van der Waals surface area contributed by atoms with Crippen LogP contribution in [0, 0.1) is 0 Å². The topological polar surface area (TPSA) is 33.7 Å². The lowest BCUT2D eigenvalue weighted by atomic mass is 10.0. The van der Waals surface area contributed by atoms with E-state index in [1.807, 2.05) is 0 Å². The minimum atomic E-state index is 0.683. The molecule has 0 bridgehead atoms. The molecule has 1 fully saturated rings. The lowest BCUT2D eigenvalue weighted by Gasteiger charge is -2.28. The zero-order chi connectivity index (χ0) is 12.3. The second kappa shape index (κ2) is 9.83. The first-order chi connectivity index (χ1) is 8.33. The van der Waals surface area contributed by atoms with Gasteiger partial charge in [-0.2, -0.15) is 0 Å². The molecule has 1 aliphatic rings. The van der Waals surface area contributed by atoms with Gasteiger partial charge in [0.15, 0.2) is 0 Å². The summed E-state index contributed by atoms with van der Waals surface area (Å²) in [6.45, 7) is 5.77. The molecular weight excluding hydrogens is 216 g/mol. The number of methoxy groups -OCH3 is 1. The molecule has 1 atom stereocenters. The number of rotatable bonds is 9. The van der Waals surface area contributed by atoms with E-state index in [0.717, 1.165) is 39.3 Å². The van der Waals surface area contributed by atoms with E-state index in [1.54, 1.807) is 7.11 Å². The molecule has 1 unspecified atom stereocenters. The van der Waals surface area contributed by atoms with Gasteiger partial charge < -0.3 is 19.7 Å². The van der Waals surface area contributed by atoms with Crippen LogP contribution >= 0.6 is 0 Å². The number of hydrogen-bond acceptors (Lipinski definition) is 4. The molecule has 0 radical (unpaired) electrons. The number of nitrogens with zero attached hydrogens (tertiary/aromatic N) is 1. The summed E-state index contributed by atoms with van der Waals surface area (Å²) in [5.74, 6) is 0. The van der Waals surface area contributed by atoms with Crippen LogP contribution in [0.4, 0.5) is 0 Å². The minimum absolute atomic E-state index is 0.683. The molecule has 0 spiro atoms. The van der Waals surface area contributed by atoms with Crippen LogP contribution in [0.1, 0.15) is 25.7 Å². The Morgan fingerprint density at radius 2 is 2.12 bits per heavy atom. The van der Waals surface area contributed by atoms with Gasteiger partial charge in [-0.3, -0.25) is 0 Å². The van der Waals surface area contributed by atoms with Gasteiger partial charge in [0.25, 0.3) is 0 Å². The van der Waals surface area contributed by atoms with Crippen LogP contribution < -0.4 is 5.32 Å². The lowest BCUT2D eigenvalue weighted by Crippen LogP contribution is -2.43. The molecule has 0 aromatic heterocycles. The maximum absolute atomic E-state index is 5.55. The van der Waals surface area contributed by atoms with Crippen molar-refractivity contribution in [2.24, 2.45) is 0 Å². The molecule has 1 aliphatic heterocycles. The van der Waals surface area contributed by atoms with E-state index in [1.165, 1.54) is 25.8 Å². The molecule has 4 nitrogen and oxygen atoms in total. The Hall–Kier alpha value is -0.160. The highest BCUT2D eigenvalue weighted by Crippen LogP contribution is 2.07. The van der Waals surface area contributed by atoms with E-state index in [-0.39, 0.29) is 0 Å². The van der Waals surface area contributed by atoms with Crippen molar-refractivity contribution < 1.29 is 9.47 Å². The molecule has 0 amide bonds. The van der Waals surface area contributed by atoms with Crippen molar-refractivity contribution in [3.8, 4) is 0 Å². The van der Waals surface area contributed by atoms with Gasteiger partial charge >= 0.3 is 0 Å². The van der Waals surface area contributed by atoms with Gasteiger partial charge in [0.1, 0.15) is 0 Å². The summed E-state index contributed by atoms with van der Waals surface area (Å²) in [5.41, 5.74) is 0. The third-order valence-corrected chi connectivity index (χ3v) is 3.20. The summed E-state index contributed by atoms with van der Waals surface area (Å²) in [7, 11) is 3.90. The van der Waals surface area contributed by atoms with Crippen LogP contribution in [0.15, 0.2) is 0 Å². The Labute approximate surface area is 106 Å². The number of hydrogen-bond donors (Lipinski definition) is 1. The largest absolute Gasteiger partial charge is 0.385 e. The molecule has 4 heteroatoms. The predicted molar refractivity (Wildman–Crippen MR) is 70.5 cm³/mol. The Balaban J connectivity index is 1.91. The predicted octanol–water partition coefficient (Wildman–Crippen LogP) is 1.11. The third-order valence-electron chi connectivity index (χ3n) is 3.20. The highest BCUT2D eigenvalue weighted by molar-refractivity contribution is 4.74. The fraction of sp³-hybridized carbons (Fsp3) is 1.00. The SMILES string of the molecule is COCCCOCCN(C)CC1CCCCN1. The van der Waals surface area contributed by atoms with Crippen LogP contribution in [0.5, 0.6) is 0 Å². The van der Waals surface area contributed by atoms with E-state index in [9.17, 15) is 0 Å². The van der Waals surface area contributed by atoms with Crippen molar-refractivity contribution in [2.45, 2.75) is 31.7 Å². The van der Waals surface area contributed by atoms with Crippen LogP contribution in [0.2, 0.25) is 0 Å². The van der Waals surface area contributed by atoms with Crippen molar-refractivity contribution in [2.75, 3.05) is 53.6 Å². The van der Waals surface area contributed by atoms with Crippen LogP contribution in [-0.2, 0) is 9.47 Å². The lowest BCUT2D eigenvalue weighted by molar-refractivity contribution is 0.0863. The smallest absolute Gasteiger partial charge is 0.0593 e. The Morgan fingerprint density at radius 1 is 1.24 bits per heavy atom. The number of ether oxygens (including phenoxy) is 2. The molecule has 0 saturated carbocycles. The standard InChI is InChI=1S/C13H28N2O2/c1-15(8-11-17-10-5-9-16-2)12-13-6-3-4-7-14-13/h13-14H,3-12H2,1-2H3. The van der Waals surface area contributed by atoms with Gasteiger partial charge in [-0.25, -0.2) is 0 Å². The van der Waals surface area contributed by atoms with Crippen molar-refractivity contribution in [1.29, 1.82) is 0 Å². The summed E-state index contributed by atoms with van der Waals surface area (Å²) in [6.07, 6.45) is 5.02. The number of piperidine rings is 1. The van der Waals surface area contributed by atoms with Crippen molar-refractivity contribution in [3.05, 3.63) is 0 Å². The summed E-state index contributed by atoms with van der Waals surface area (Å²) >= 11 is 0. The fourth-order valence-corrected chi connectivity index (χ4v) is 2.18. The molecular formula is C13H28N2O2. The highest BCUT2D eigenvalue weighted by Gasteiger charge is 2.13. The Bertz CT molecular complexity index is 173. The van der Waals surface area contributed by atoms with E-state index in [0.29, 0.717) is 6.04 Å². The van der Waals surface area contributed by atoms with Gasteiger partial charge in [0, 0.05) is 39.5 Å². The average Bonchev–Trinajstić information content (AvgIpc) is 2.35. The van der Waals surface area contributed by atoms with Gasteiger partial charge in [-0.1, -0.05) is 6.42 Å². The molecule has 0 aliphatic carbocycles. The van der Waals surface area contributed by atoms with Crippen molar-refractivity contribution in [3.63, 3.8) is 0 Å².